The highest BCUT2D eigenvalue weighted by molar-refractivity contribution is 5.75. The molecule has 1 aliphatic rings. The van der Waals surface area contributed by atoms with E-state index in [1.807, 2.05) is 12.1 Å². The van der Waals surface area contributed by atoms with Gasteiger partial charge in [0.15, 0.2) is 0 Å². The van der Waals surface area contributed by atoms with E-state index in [1.54, 1.807) is 6.20 Å². The SMILES string of the molecule is O=C(Cn1[nH]c(=O)ccc1=O)NCc1cccnc1N1CCOCC1. The third-order valence-electron chi connectivity index (χ3n) is 3.84. The van der Waals surface area contributed by atoms with Crippen molar-refractivity contribution < 1.29 is 9.53 Å². The molecule has 1 aliphatic heterocycles. The predicted octanol–water partition coefficient (Wildman–Crippen LogP) is -0.915. The van der Waals surface area contributed by atoms with Crippen molar-refractivity contribution in [3.63, 3.8) is 0 Å². The van der Waals surface area contributed by atoms with Crippen molar-refractivity contribution in [1.29, 1.82) is 0 Å². The molecule has 0 radical (unpaired) electrons. The van der Waals surface area contributed by atoms with Gasteiger partial charge in [-0.2, -0.15) is 0 Å². The van der Waals surface area contributed by atoms with Gasteiger partial charge in [0.1, 0.15) is 12.4 Å². The molecule has 132 valence electrons. The second-order valence-corrected chi connectivity index (χ2v) is 5.60. The fourth-order valence-electron chi connectivity index (χ4n) is 2.60. The van der Waals surface area contributed by atoms with E-state index in [9.17, 15) is 14.4 Å². The van der Waals surface area contributed by atoms with Crippen LogP contribution in [0, 0.1) is 0 Å². The maximum Gasteiger partial charge on any atom is 0.265 e. The number of aromatic nitrogens is 3. The summed E-state index contributed by atoms with van der Waals surface area (Å²) in [6.45, 7) is 2.82. The summed E-state index contributed by atoms with van der Waals surface area (Å²) in [5, 5.41) is 5.08. The lowest BCUT2D eigenvalue weighted by atomic mass is 10.2. The van der Waals surface area contributed by atoms with Gasteiger partial charge in [0.2, 0.25) is 5.91 Å². The third kappa shape index (κ3) is 4.32. The average molecular weight is 345 g/mol. The Morgan fingerprint density at radius 1 is 1.24 bits per heavy atom. The molecule has 2 N–H and O–H groups in total. The van der Waals surface area contributed by atoms with E-state index in [0.29, 0.717) is 13.2 Å². The fraction of sp³-hybridized carbons (Fsp3) is 0.375. The third-order valence-corrected chi connectivity index (χ3v) is 3.84. The summed E-state index contributed by atoms with van der Waals surface area (Å²) < 4.78 is 6.32. The van der Waals surface area contributed by atoms with Crippen molar-refractivity contribution in [3.8, 4) is 0 Å². The molecule has 1 fully saturated rings. The van der Waals surface area contributed by atoms with E-state index in [-0.39, 0.29) is 19.0 Å². The highest BCUT2D eigenvalue weighted by Crippen LogP contribution is 2.18. The van der Waals surface area contributed by atoms with Gasteiger partial charge in [-0.25, -0.2) is 9.67 Å². The number of anilines is 1. The van der Waals surface area contributed by atoms with Crippen molar-refractivity contribution in [2.75, 3.05) is 31.2 Å². The Bertz CT molecular complexity index is 854. The minimum Gasteiger partial charge on any atom is -0.378 e. The number of aromatic amines is 1. The highest BCUT2D eigenvalue weighted by Gasteiger charge is 2.16. The Morgan fingerprint density at radius 2 is 2.04 bits per heavy atom. The predicted molar refractivity (Wildman–Crippen MR) is 90.4 cm³/mol. The molecule has 0 aromatic carbocycles. The van der Waals surface area contributed by atoms with Gasteiger partial charge in [-0.15, -0.1) is 0 Å². The summed E-state index contributed by atoms with van der Waals surface area (Å²) in [4.78, 5) is 41.5. The van der Waals surface area contributed by atoms with Crippen LogP contribution < -0.4 is 21.3 Å². The first-order valence-electron chi connectivity index (χ1n) is 7.97. The number of H-pyrrole nitrogens is 1. The summed E-state index contributed by atoms with van der Waals surface area (Å²) in [5.74, 6) is 0.442. The van der Waals surface area contributed by atoms with Crippen LogP contribution in [0.5, 0.6) is 0 Å². The van der Waals surface area contributed by atoms with Gasteiger partial charge in [0.25, 0.3) is 11.1 Å². The number of morpholine rings is 1. The van der Waals surface area contributed by atoms with Crippen LogP contribution in [0.4, 0.5) is 5.82 Å². The summed E-state index contributed by atoms with van der Waals surface area (Å²) in [5.41, 5.74) is 0.00560. The lowest BCUT2D eigenvalue weighted by molar-refractivity contribution is -0.122. The van der Waals surface area contributed by atoms with Gasteiger partial charge in [-0.1, -0.05) is 6.07 Å². The number of carbonyl (C=O) groups is 1. The fourth-order valence-corrected chi connectivity index (χ4v) is 2.60. The second-order valence-electron chi connectivity index (χ2n) is 5.60. The average Bonchev–Trinajstić information content (AvgIpc) is 2.64. The lowest BCUT2D eigenvalue weighted by Crippen LogP contribution is -2.38. The summed E-state index contributed by atoms with van der Waals surface area (Å²) >= 11 is 0. The van der Waals surface area contributed by atoms with Crippen LogP contribution in [0.2, 0.25) is 0 Å². The van der Waals surface area contributed by atoms with E-state index >= 15 is 0 Å². The van der Waals surface area contributed by atoms with E-state index in [1.165, 1.54) is 0 Å². The Labute approximate surface area is 143 Å². The zero-order valence-corrected chi connectivity index (χ0v) is 13.6. The first-order valence-corrected chi connectivity index (χ1v) is 7.97. The number of nitrogens with one attached hydrogen (secondary N) is 2. The first kappa shape index (κ1) is 16.9. The molecular formula is C16H19N5O4. The van der Waals surface area contributed by atoms with Crippen LogP contribution in [-0.2, 0) is 22.6 Å². The normalized spacial score (nSPS) is 14.3. The minimum absolute atomic E-state index is 0.248. The molecular weight excluding hydrogens is 326 g/mol. The summed E-state index contributed by atoms with van der Waals surface area (Å²) in [7, 11) is 0. The molecule has 0 spiro atoms. The highest BCUT2D eigenvalue weighted by atomic mass is 16.5. The smallest absolute Gasteiger partial charge is 0.265 e. The van der Waals surface area contributed by atoms with Crippen LogP contribution in [0.15, 0.2) is 40.1 Å². The van der Waals surface area contributed by atoms with Gasteiger partial charge in [-0.3, -0.25) is 19.5 Å². The summed E-state index contributed by atoms with van der Waals surface area (Å²) in [6, 6.07) is 5.96. The number of amides is 1. The Balaban J connectivity index is 1.65. The summed E-state index contributed by atoms with van der Waals surface area (Å²) in [6.07, 6.45) is 1.71. The second kappa shape index (κ2) is 7.75. The molecule has 1 amide bonds. The van der Waals surface area contributed by atoms with Crippen LogP contribution >= 0.6 is 0 Å². The number of nitrogens with zero attached hydrogens (tertiary/aromatic N) is 3. The Morgan fingerprint density at radius 3 is 2.84 bits per heavy atom. The van der Waals surface area contributed by atoms with Crippen LogP contribution in [-0.4, -0.2) is 47.0 Å². The topological polar surface area (TPSA) is 109 Å². The minimum atomic E-state index is -0.440. The van der Waals surface area contributed by atoms with Crippen molar-refractivity contribution in [1.82, 2.24) is 20.1 Å². The Kier molecular flexibility index (Phi) is 5.24. The largest absolute Gasteiger partial charge is 0.378 e. The van der Waals surface area contributed by atoms with E-state index in [2.05, 4.69) is 20.3 Å². The molecule has 2 aromatic heterocycles. The monoisotopic (exact) mass is 345 g/mol. The van der Waals surface area contributed by atoms with Gasteiger partial charge < -0.3 is 15.0 Å². The van der Waals surface area contributed by atoms with E-state index in [0.717, 1.165) is 41.3 Å². The number of rotatable bonds is 5. The van der Waals surface area contributed by atoms with Gasteiger partial charge >= 0.3 is 0 Å². The molecule has 0 aliphatic carbocycles. The van der Waals surface area contributed by atoms with E-state index < -0.39 is 11.1 Å². The van der Waals surface area contributed by atoms with Gasteiger partial charge in [0, 0.05) is 43.5 Å². The standard InChI is InChI=1S/C16H19N5O4/c22-13-3-4-15(24)21(19-13)11-14(23)18-10-12-2-1-5-17-16(12)20-6-8-25-9-7-20/h1-5H,6-11H2,(H,18,23)(H,19,22). The number of hydrogen-bond acceptors (Lipinski definition) is 6. The van der Waals surface area contributed by atoms with Crippen LogP contribution in [0.3, 0.4) is 0 Å². The number of ether oxygens (including phenoxy) is 1. The molecule has 0 bridgehead atoms. The van der Waals surface area contributed by atoms with Gasteiger partial charge in [-0.05, 0) is 6.07 Å². The molecule has 9 heteroatoms. The number of hydrogen-bond donors (Lipinski definition) is 2. The molecule has 9 nitrogen and oxygen atoms in total. The van der Waals surface area contributed by atoms with Crippen LogP contribution in [0.1, 0.15) is 5.56 Å². The molecule has 1 saturated heterocycles. The van der Waals surface area contributed by atoms with Crippen molar-refractivity contribution in [2.45, 2.75) is 13.1 Å². The first-order chi connectivity index (χ1) is 12.1. The molecule has 3 rings (SSSR count). The molecule has 2 aromatic rings. The molecule has 0 atom stereocenters. The molecule has 0 unspecified atom stereocenters. The lowest BCUT2D eigenvalue weighted by Gasteiger charge is -2.29. The van der Waals surface area contributed by atoms with Crippen LogP contribution in [0.25, 0.3) is 0 Å². The van der Waals surface area contributed by atoms with Crippen molar-refractivity contribution >= 4 is 11.7 Å². The van der Waals surface area contributed by atoms with Crippen molar-refractivity contribution in [3.05, 3.63) is 56.7 Å². The number of pyridine rings is 1. The maximum atomic E-state index is 12.1. The quantitative estimate of drug-likeness (QED) is 0.726. The zero-order valence-electron chi connectivity index (χ0n) is 13.6. The zero-order chi connectivity index (χ0) is 17.6. The molecule has 0 saturated carbocycles. The van der Waals surface area contributed by atoms with Gasteiger partial charge in [0.05, 0.1) is 13.2 Å². The molecule has 3 heterocycles. The van der Waals surface area contributed by atoms with Crippen molar-refractivity contribution in [2.24, 2.45) is 0 Å². The Hall–Kier alpha value is -2.94. The maximum absolute atomic E-state index is 12.1. The molecule has 25 heavy (non-hydrogen) atoms. The van der Waals surface area contributed by atoms with E-state index in [4.69, 9.17) is 4.74 Å². The number of carbonyl (C=O) groups excluding carboxylic acids is 1.